The number of hydrogen-bond acceptors (Lipinski definition) is 4. The Bertz CT molecular complexity index is 485. The molecule has 24 heavy (non-hydrogen) atoms. The minimum Gasteiger partial charge on any atom is -0.508 e. The number of rotatable bonds is 6. The molecular weight excluding hydrogens is 300 g/mol. The minimum atomic E-state index is 0.277. The van der Waals surface area contributed by atoms with Crippen molar-refractivity contribution in [3.05, 3.63) is 29.8 Å². The summed E-state index contributed by atoms with van der Waals surface area (Å²) in [6.07, 6.45) is 7.86. The molecule has 0 aromatic heterocycles. The topological polar surface area (TPSA) is 46.9 Å². The zero-order valence-electron chi connectivity index (χ0n) is 14.7. The van der Waals surface area contributed by atoms with Crippen LogP contribution in [0.2, 0.25) is 0 Å². The van der Waals surface area contributed by atoms with Crippen LogP contribution in [0.3, 0.4) is 0 Å². The highest BCUT2D eigenvalue weighted by atomic mass is 16.3. The Hall–Kier alpha value is -1.10. The Morgan fingerprint density at radius 1 is 1.00 bits per heavy atom. The van der Waals surface area contributed by atoms with Gasteiger partial charge in [0.15, 0.2) is 0 Å². The van der Waals surface area contributed by atoms with Gasteiger partial charge in [-0.05, 0) is 42.9 Å². The van der Waals surface area contributed by atoms with Crippen LogP contribution < -0.4 is 0 Å². The van der Waals surface area contributed by atoms with Gasteiger partial charge in [-0.2, -0.15) is 0 Å². The van der Waals surface area contributed by atoms with E-state index in [4.69, 9.17) is 0 Å². The van der Waals surface area contributed by atoms with Gasteiger partial charge in [-0.15, -0.1) is 0 Å². The monoisotopic (exact) mass is 332 g/mol. The van der Waals surface area contributed by atoms with E-state index in [1.165, 1.54) is 44.2 Å². The summed E-state index contributed by atoms with van der Waals surface area (Å²) in [6.45, 7) is 5.67. The van der Waals surface area contributed by atoms with Gasteiger partial charge in [0.05, 0.1) is 0 Å². The number of aromatic hydroxyl groups is 1. The molecule has 1 atom stereocenters. The van der Waals surface area contributed by atoms with Crippen LogP contribution in [0.1, 0.15) is 44.1 Å². The summed E-state index contributed by atoms with van der Waals surface area (Å²) in [5.74, 6) is 1.19. The summed E-state index contributed by atoms with van der Waals surface area (Å²) in [5, 5.41) is 18.9. The number of phenols is 1. The van der Waals surface area contributed by atoms with Crippen LogP contribution in [0.5, 0.6) is 5.75 Å². The van der Waals surface area contributed by atoms with Crippen molar-refractivity contribution in [2.24, 2.45) is 5.92 Å². The molecule has 4 nitrogen and oxygen atoms in total. The van der Waals surface area contributed by atoms with Gasteiger partial charge < -0.3 is 10.2 Å². The summed E-state index contributed by atoms with van der Waals surface area (Å²) < 4.78 is 0. The number of aliphatic hydroxyl groups excluding tert-OH is 1. The van der Waals surface area contributed by atoms with Gasteiger partial charge in [0.1, 0.15) is 5.75 Å². The summed E-state index contributed by atoms with van der Waals surface area (Å²) in [4.78, 5) is 5.13. The van der Waals surface area contributed by atoms with Crippen LogP contribution in [-0.2, 0) is 6.54 Å². The fraction of sp³-hybridized carbons (Fsp3) is 0.700. The molecule has 2 N–H and O–H groups in total. The van der Waals surface area contributed by atoms with Crippen LogP contribution in [0.4, 0.5) is 0 Å². The molecule has 1 saturated heterocycles. The van der Waals surface area contributed by atoms with Crippen LogP contribution in [-0.4, -0.2) is 58.8 Å². The first-order valence-corrected chi connectivity index (χ1v) is 9.60. The lowest BCUT2D eigenvalue weighted by atomic mass is 9.88. The van der Waals surface area contributed by atoms with Crippen molar-refractivity contribution in [2.45, 2.75) is 51.1 Å². The van der Waals surface area contributed by atoms with Crippen molar-refractivity contribution in [1.29, 1.82) is 0 Å². The third-order valence-electron chi connectivity index (χ3n) is 5.71. The van der Waals surface area contributed by atoms with E-state index in [9.17, 15) is 10.2 Å². The lowest BCUT2D eigenvalue weighted by molar-refractivity contribution is 0.0400. The fourth-order valence-corrected chi connectivity index (χ4v) is 4.33. The summed E-state index contributed by atoms with van der Waals surface area (Å²) in [7, 11) is 0. The second-order valence-corrected chi connectivity index (χ2v) is 7.57. The first-order chi connectivity index (χ1) is 11.7. The number of benzene rings is 1. The number of piperazine rings is 1. The van der Waals surface area contributed by atoms with Crippen LogP contribution >= 0.6 is 0 Å². The van der Waals surface area contributed by atoms with Gasteiger partial charge in [-0.1, -0.05) is 31.4 Å². The van der Waals surface area contributed by atoms with Crippen molar-refractivity contribution < 1.29 is 10.2 Å². The highest BCUT2D eigenvalue weighted by molar-refractivity contribution is 5.25. The predicted octanol–water partition coefficient (Wildman–Crippen LogP) is 2.84. The molecule has 134 valence electrons. The molecule has 3 rings (SSSR count). The van der Waals surface area contributed by atoms with E-state index < -0.39 is 0 Å². The zero-order valence-corrected chi connectivity index (χ0v) is 14.7. The van der Waals surface area contributed by atoms with Crippen molar-refractivity contribution in [3.8, 4) is 5.75 Å². The molecule has 0 bridgehead atoms. The minimum absolute atomic E-state index is 0.277. The largest absolute Gasteiger partial charge is 0.508 e. The molecule has 1 heterocycles. The van der Waals surface area contributed by atoms with Gasteiger partial charge in [0.25, 0.3) is 0 Å². The van der Waals surface area contributed by atoms with Gasteiger partial charge >= 0.3 is 0 Å². The summed E-state index contributed by atoms with van der Waals surface area (Å²) >= 11 is 0. The molecule has 2 fully saturated rings. The number of nitrogens with zero attached hydrogens (tertiary/aromatic N) is 2. The van der Waals surface area contributed by atoms with Crippen molar-refractivity contribution in [2.75, 3.05) is 32.8 Å². The quantitative estimate of drug-likeness (QED) is 0.841. The number of phenolic OH excluding ortho intramolecular Hbond substituents is 1. The molecule has 1 saturated carbocycles. The third kappa shape index (κ3) is 4.95. The van der Waals surface area contributed by atoms with Crippen molar-refractivity contribution in [3.63, 3.8) is 0 Å². The molecule has 0 spiro atoms. The molecule has 1 aromatic rings. The van der Waals surface area contributed by atoms with E-state index in [0.717, 1.165) is 38.5 Å². The standard InChI is InChI=1S/C20H32N2O2/c23-13-10-19-16-21(14-18-6-8-20(24)9-7-18)11-12-22(19)15-17-4-2-1-3-5-17/h6-9,17,19,23-24H,1-5,10-16H2/t19-/m0/s1. The molecule has 0 unspecified atom stereocenters. The van der Waals surface area contributed by atoms with E-state index in [2.05, 4.69) is 9.80 Å². The van der Waals surface area contributed by atoms with Gasteiger partial charge in [-0.3, -0.25) is 9.80 Å². The smallest absolute Gasteiger partial charge is 0.115 e. The van der Waals surface area contributed by atoms with Gasteiger partial charge in [0.2, 0.25) is 0 Å². The second-order valence-electron chi connectivity index (χ2n) is 7.57. The van der Waals surface area contributed by atoms with Crippen LogP contribution in [0.15, 0.2) is 24.3 Å². The Labute approximate surface area is 146 Å². The first-order valence-electron chi connectivity index (χ1n) is 9.60. The van der Waals surface area contributed by atoms with E-state index in [1.807, 2.05) is 12.1 Å². The first kappa shape index (κ1) is 17.7. The zero-order chi connectivity index (χ0) is 16.8. The predicted molar refractivity (Wildman–Crippen MR) is 97.0 cm³/mol. The van der Waals surface area contributed by atoms with Crippen molar-refractivity contribution >= 4 is 0 Å². The molecule has 2 aliphatic rings. The Kier molecular flexibility index (Phi) is 6.52. The molecular formula is C20H32N2O2. The van der Waals surface area contributed by atoms with Gasteiger partial charge in [-0.25, -0.2) is 0 Å². The lowest BCUT2D eigenvalue weighted by Crippen LogP contribution is -2.54. The van der Waals surface area contributed by atoms with E-state index in [0.29, 0.717) is 11.8 Å². The highest BCUT2D eigenvalue weighted by Gasteiger charge is 2.28. The summed E-state index contributed by atoms with van der Waals surface area (Å²) in [6, 6.07) is 8.01. The Balaban J connectivity index is 1.54. The Morgan fingerprint density at radius 3 is 2.46 bits per heavy atom. The molecule has 0 amide bonds. The second kappa shape index (κ2) is 8.84. The SMILES string of the molecule is OCC[C@H]1CN(Cc2ccc(O)cc2)CCN1CC1CCCCC1. The molecule has 1 aromatic carbocycles. The third-order valence-corrected chi connectivity index (χ3v) is 5.71. The van der Waals surface area contributed by atoms with E-state index in [1.54, 1.807) is 12.1 Å². The maximum Gasteiger partial charge on any atom is 0.115 e. The van der Waals surface area contributed by atoms with E-state index in [-0.39, 0.29) is 6.61 Å². The number of hydrogen-bond donors (Lipinski definition) is 2. The lowest BCUT2D eigenvalue weighted by Gasteiger charge is -2.43. The molecule has 1 aliphatic carbocycles. The fourth-order valence-electron chi connectivity index (χ4n) is 4.33. The average molecular weight is 332 g/mol. The molecule has 4 heteroatoms. The Morgan fingerprint density at radius 2 is 1.75 bits per heavy atom. The van der Waals surface area contributed by atoms with Crippen molar-refractivity contribution in [1.82, 2.24) is 9.80 Å². The van der Waals surface area contributed by atoms with E-state index >= 15 is 0 Å². The molecule has 1 aliphatic heterocycles. The van der Waals surface area contributed by atoms with Crippen LogP contribution in [0, 0.1) is 5.92 Å². The maximum absolute atomic E-state index is 9.48. The number of aliphatic hydroxyl groups is 1. The highest BCUT2D eigenvalue weighted by Crippen LogP contribution is 2.26. The molecule has 0 radical (unpaired) electrons. The average Bonchev–Trinajstić information content (AvgIpc) is 2.60. The van der Waals surface area contributed by atoms with Gasteiger partial charge in [0, 0.05) is 45.4 Å². The normalized spacial score (nSPS) is 24.3. The van der Waals surface area contributed by atoms with Crippen LogP contribution in [0.25, 0.3) is 0 Å². The maximum atomic E-state index is 9.48. The summed E-state index contributed by atoms with van der Waals surface area (Å²) in [5.41, 5.74) is 1.25.